The number of para-hydroxylation sites is 4. The molecule has 0 aliphatic rings. The Labute approximate surface area is 464 Å². The number of aromatic amines is 2. The molecule has 0 saturated carbocycles. The number of urea groups is 1. The first kappa shape index (κ1) is 64.0. The summed E-state index contributed by atoms with van der Waals surface area (Å²) in [6.45, 7) is 0. The largest absolute Gasteiger partial charge is 1.00 e. The zero-order chi connectivity index (χ0) is 53.5. The molecule has 0 aliphatic heterocycles. The average Bonchev–Trinajstić information content (AvgIpc) is 4.07. The van der Waals surface area contributed by atoms with Crippen molar-refractivity contribution >= 4 is 183 Å². The average molecular weight is 1190 g/mol. The number of benzene rings is 4. The predicted molar refractivity (Wildman–Crippen MR) is 278 cm³/mol. The van der Waals surface area contributed by atoms with E-state index in [4.69, 9.17) is 68.0 Å². The van der Waals surface area contributed by atoms with Crippen LogP contribution in [0.3, 0.4) is 0 Å². The van der Waals surface area contributed by atoms with Gasteiger partial charge in [-0.1, -0.05) is 64.5 Å². The van der Waals surface area contributed by atoms with Gasteiger partial charge in [0, 0.05) is 39.3 Å². The van der Waals surface area contributed by atoms with Crippen LogP contribution in [0, 0.1) is 0 Å². The number of furan rings is 4. The van der Waals surface area contributed by atoms with Crippen molar-refractivity contribution in [1.82, 2.24) is 19.9 Å². The van der Waals surface area contributed by atoms with Gasteiger partial charge in [-0.3, -0.25) is 14.3 Å². The van der Waals surface area contributed by atoms with Crippen LogP contribution in [-0.2, 0) is 23.3 Å². The summed E-state index contributed by atoms with van der Waals surface area (Å²) < 4.78 is 56.7. The second kappa shape index (κ2) is 29.1. The van der Waals surface area contributed by atoms with Gasteiger partial charge in [0.15, 0.2) is 10.7 Å². The topological polar surface area (TPSA) is 408 Å². The Bertz CT molecular complexity index is 3890. The minimum atomic E-state index is -4.00. The van der Waals surface area contributed by atoms with Crippen LogP contribution >= 0.6 is 72.8 Å². The molecule has 2 amide bonds. The van der Waals surface area contributed by atoms with Crippen molar-refractivity contribution in [2.45, 2.75) is 0 Å². The van der Waals surface area contributed by atoms with Gasteiger partial charge in [-0.25, -0.2) is 29.1 Å². The fourth-order valence-corrected chi connectivity index (χ4v) is 6.42. The predicted octanol–water partition coefficient (Wildman–Crippen LogP) is 7.01. The van der Waals surface area contributed by atoms with Crippen molar-refractivity contribution in [2.75, 3.05) is 31.0 Å². The van der Waals surface area contributed by atoms with E-state index >= 15 is 0 Å². The smallest absolute Gasteiger partial charge is 0.870 e. The molecule has 0 radical (unpaired) electrons. The fraction of sp³-hybridized carbons (Fsp3) is 0.0488. The van der Waals surface area contributed by atoms with Gasteiger partial charge in [0.25, 0.3) is 11.6 Å². The van der Waals surface area contributed by atoms with Gasteiger partial charge >= 0.3 is 61.7 Å². The fourth-order valence-electron chi connectivity index (χ4n) is 5.82. The third kappa shape index (κ3) is 18.1. The molecule has 0 atom stereocenters. The number of nitrogens with two attached hydrogens (primary N) is 3. The summed E-state index contributed by atoms with van der Waals surface area (Å²) in [5.74, 6) is -0.455. The summed E-state index contributed by atoms with van der Waals surface area (Å²) in [6.07, 6.45) is 0.763. The number of H-pyrrole nitrogens is 2. The molecule has 24 nitrogen and oxygen atoms in total. The van der Waals surface area contributed by atoms with Crippen LogP contribution in [0.2, 0.25) is 10.4 Å². The van der Waals surface area contributed by atoms with E-state index in [2.05, 4.69) is 78.8 Å². The van der Waals surface area contributed by atoms with E-state index in [1.807, 2.05) is 54.6 Å². The number of nitrogens with one attached hydrogen (secondary N) is 3. The standard InChI is InChI=1S/C11H10N2O4.C10H4Cl2N2O.C10H6N2O3.C8H8N2O.CClNO3S.CH4O.Cl3OP.Na.H2O/c1-16-10(14)9-8(13-11(12)15)6-4-2-3-5-7(6)17-9;11-9-8-7(13-10(12)14-9)5-3-1-2-4-6(5)15-8;13-9-8-7(11-10(14)12-9)5-3-1-2-4-6(5)15-8;9-7-5-3-1-2-4-6(5)11-8(7)10;2-7(5,6)3-1-4;1-2;1-5(2,3)4;;/h2-5H,1H3,(H3,12,13,15);1-4H;1-4H,(H2,11,12,13,14);1-4H,9-10H2;;2H,1H3;;;1H2/q;;;;;;;+1;/p-1. The number of rotatable bonds is 3. The van der Waals surface area contributed by atoms with Gasteiger partial charge in [0.05, 0.1) is 7.11 Å². The first-order valence-corrected chi connectivity index (χ1v) is 26.4. The van der Waals surface area contributed by atoms with Crippen molar-refractivity contribution in [3.8, 4) is 0 Å². The number of anilines is 3. The summed E-state index contributed by atoms with van der Waals surface area (Å²) in [4.78, 5) is 66.5. The van der Waals surface area contributed by atoms with E-state index in [9.17, 15) is 32.2 Å². The van der Waals surface area contributed by atoms with Crippen molar-refractivity contribution in [3.05, 3.63) is 134 Å². The summed E-state index contributed by atoms with van der Waals surface area (Å²) in [5, 5.41) is 9.58. The van der Waals surface area contributed by atoms with Gasteiger partial charge in [-0.05, 0) is 93.9 Å². The first-order chi connectivity index (χ1) is 34.0. The van der Waals surface area contributed by atoms with Crippen LogP contribution in [-0.4, -0.2) is 71.2 Å². The number of aliphatic hydroxyl groups excluding tert-OH is 1. The molecule has 33 heteroatoms. The Morgan fingerprint density at radius 3 is 1.72 bits per heavy atom. The summed E-state index contributed by atoms with van der Waals surface area (Å²) in [5.41, 5.74) is 20.1. The number of isocyanates is 1. The SMILES string of the molecule is CO.COC(=O)c1oc2ccccc2c1NC(N)=O.Clc1nc(Cl)c2oc3ccccc3c2n1.Nc1oc2ccccc2c1N.O=C=NS(=O)(=O)Cl.O=P(Cl)(Cl)Cl.O=c1[nH]c(=O)c2oc3ccccc3c2[nH]1.[Na+].[OH-]. The van der Waals surface area contributed by atoms with Crippen molar-refractivity contribution in [1.29, 1.82) is 0 Å². The van der Waals surface area contributed by atoms with Crippen LogP contribution in [0.5, 0.6) is 0 Å². The number of amides is 2. The molecule has 6 aromatic heterocycles. The molecule has 0 fully saturated rings. The number of nitrogen functional groups attached to an aromatic ring is 2. The number of nitrogens with zero attached hydrogens (tertiary/aromatic N) is 3. The zero-order valence-electron chi connectivity index (χ0n) is 37.6. The summed E-state index contributed by atoms with van der Waals surface area (Å²) in [7, 11) is 2.60. The molecule has 74 heavy (non-hydrogen) atoms. The Balaban J connectivity index is 0.000000311. The molecule has 10 rings (SSSR count). The molecule has 386 valence electrons. The van der Waals surface area contributed by atoms with Crippen LogP contribution < -0.4 is 63.3 Å². The number of hydrogen-bond acceptors (Lipinski definition) is 19. The van der Waals surface area contributed by atoms with E-state index in [1.165, 1.54) is 7.11 Å². The van der Waals surface area contributed by atoms with Gasteiger partial charge in [0.2, 0.25) is 22.5 Å². The number of halogens is 6. The number of aliphatic hydroxyl groups is 1. The summed E-state index contributed by atoms with van der Waals surface area (Å²) >= 11 is 25.5. The minimum Gasteiger partial charge on any atom is -0.870 e. The third-order valence-corrected chi connectivity index (χ3v) is 9.37. The molecule has 0 aliphatic carbocycles. The number of fused-ring (bicyclic) bond motifs is 8. The molecule has 0 bridgehead atoms. The number of aromatic nitrogens is 4. The van der Waals surface area contributed by atoms with Crippen molar-refractivity contribution in [3.63, 3.8) is 0 Å². The maximum absolute atomic E-state index is 11.5. The van der Waals surface area contributed by atoms with Crippen molar-refractivity contribution in [2.24, 2.45) is 10.1 Å². The maximum atomic E-state index is 11.5. The van der Waals surface area contributed by atoms with Crippen LogP contribution in [0.15, 0.2) is 129 Å². The molecular weight excluding hydrogens is 1160 g/mol. The maximum Gasteiger partial charge on any atom is 1.00 e. The monoisotopic (exact) mass is 1190 g/mol. The van der Waals surface area contributed by atoms with E-state index in [0.29, 0.717) is 44.7 Å². The number of carbonyl (C=O) groups excluding carboxylic acids is 3. The van der Waals surface area contributed by atoms with E-state index in [0.717, 1.165) is 40.5 Å². The molecule has 6 heterocycles. The van der Waals surface area contributed by atoms with Crippen LogP contribution in [0.25, 0.3) is 66.1 Å². The molecule has 11 N–H and O–H groups in total. The van der Waals surface area contributed by atoms with Gasteiger partial charge in [0.1, 0.15) is 44.7 Å². The number of hydrogen-bond donors (Lipinski definition) is 7. The molecule has 10 aromatic rings. The van der Waals surface area contributed by atoms with Gasteiger partial charge in [-0.15, -0.1) is 0 Å². The Morgan fingerprint density at radius 1 is 0.770 bits per heavy atom. The zero-order valence-corrected chi connectivity index (χ0v) is 45.9. The van der Waals surface area contributed by atoms with Gasteiger partial charge in [-0.2, -0.15) is 8.42 Å². The minimum absolute atomic E-state index is 0. The second-order valence-electron chi connectivity index (χ2n) is 12.9. The number of carbonyl (C=O) groups is 2. The number of primary amides is 1. The van der Waals surface area contributed by atoms with E-state index in [-0.39, 0.29) is 62.5 Å². The molecule has 0 unspecified atom stereocenters. The van der Waals surface area contributed by atoms with Crippen LogP contribution in [0.4, 0.5) is 22.1 Å². The Morgan fingerprint density at radius 2 is 1.23 bits per heavy atom. The number of methoxy groups -OCH3 is 1. The second-order valence-corrected chi connectivity index (χ2v) is 22.4. The molecule has 0 spiro atoms. The Hall–Kier alpha value is -6.12. The summed E-state index contributed by atoms with van der Waals surface area (Å²) in [6, 6.07) is 28.3. The quantitative estimate of drug-likeness (QED) is 0.0137. The Kier molecular flexibility index (Phi) is 25.2. The van der Waals surface area contributed by atoms with Gasteiger partial charge < -0.3 is 60.5 Å². The van der Waals surface area contributed by atoms with E-state index < -0.39 is 37.7 Å². The first-order valence-electron chi connectivity index (χ1n) is 19.0. The van der Waals surface area contributed by atoms with Crippen molar-refractivity contribution < 1.29 is 89.9 Å². The van der Waals surface area contributed by atoms with E-state index in [1.54, 1.807) is 42.5 Å². The van der Waals surface area contributed by atoms with Crippen LogP contribution in [0.1, 0.15) is 10.6 Å². The normalized spacial score (nSPS) is 10.3. The third-order valence-electron chi connectivity index (χ3n) is 8.44. The number of esters is 1. The molecule has 4 aromatic carbocycles. The molecular formula is C41H33Cl6N9NaO15PS. The molecule has 0 saturated heterocycles. The number of ether oxygens (including phenoxy) is 1.